The Labute approximate surface area is 122 Å². The first-order valence-corrected chi connectivity index (χ1v) is 6.76. The van der Waals surface area contributed by atoms with Crippen LogP contribution in [0.1, 0.15) is 9.67 Å². The van der Waals surface area contributed by atoms with Crippen LogP contribution in [0.2, 0.25) is 0 Å². The van der Waals surface area contributed by atoms with Crippen LogP contribution in [-0.2, 0) is 0 Å². The molecule has 0 saturated heterocycles. The number of hydrogen-bond acceptors (Lipinski definition) is 4. The number of benzene rings is 1. The minimum atomic E-state index is -0.717. The van der Waals surface area contributed by atoms with Crippen molar-refractivity contribution in [2.45, 2.75) is 0 Å². The highest BCUT2D eigenvalue weighted by molar-refractivity contribution is 7.21. The summed E-state index contributed by atoms with van der Waals surface area (Å²) < 4.78 is 27.4. The topological polar surface area (TPSA) is 68.0 Å². The van der Waals surface area contributed by atoms with E-state index in [-0.39, 0.29) is 10.6 Å². The van der Waals surface area contributed by atoms with E-state index in [4.69, 9.17) is 5.73 Å². The smallest absolute Gasteiger partial charge is 0.267 e. The Balaban J connectivity index is 1.97. The minimum absolute atomic E-state index is 0.227. The van der Waals surface area contributed by atoms with Gasteiger partial charge in [-0.2, -0.15) is 0 Å². The molecule has 0 saturated carbocycles. The number of carbonyl (C=O) groups is 1. The van der Waals surface area contributed by atoms with Crippen molar-refractivity contribution in [1.82, 2.24) is 4.98 Å². The van der Waals surface area contributed by atoms with Gasteiger partial charge in [0.2, 0.25) is 0 Å². The average Bonchev–Trinajstić information content (AvgIpc) is 2.81. The zero-order valence-corrected chi connectivity index (χ0v) is 11.4. The molecule has 3 aromatic rings. The zero-order chi connectivity index (χ0) is 15.0. The van der Waals surface area contributed by atoms with Crippen molar-refractivity contribution in [3.8, 4) is 0 Å². The summed E-state index contributed by atoms with van der Waals surface area (Å²) in [5.41, 5.74) is 5.99. The van der Waals surface area contributed by atoms with Gasteiger partial charge < -0.3 is 11.1 Å². The van der Waals surface area contributed by atoms with Gasteiger partial charge in [0.25, 0.3) is 5.91 Å². The SMILES string of the molecule is Nc1c(C(=O)Nc2cc(F)ccc2F)sc2cnccc12. The number of nitrogen functional groups attached to an aromatic ring is 1. The maximum absolute atomic E-state index is 13.5. The molecule has 21 heavy (non-hydrogen) atoms. The molecule has 0 unspecified atom stereocenters. The number of thiophene rings is 1. The molecule has 0 spiro atoms. The summed E-state index contributed by atoms with van der Waals surface area (Å²) in [5.74, 6) is -1.94. The van der Waals surface area contributed by atoms with Crippen molar-refractivity contribution in [3.05, 3.63) is 53.2 Å². The fourth-order valence-electron chi connectivity index (χ4n) is 1.91. The largest absolute Gasteiger partial charge is 0.397 e. The normalized spacial score (nSPS) is 10.8. The van der Waals surface area contributed by atoms with Crippen molar-refractivity contribution in [1.29, 1.82) is 0 Å². The molecular formula is C14H9F2N3OS. The van der Waals surface area contributed by atoms with Gasteiger partial charge in [0, 0.05) is 23.8 Å². The molecule has 4 nitrogen and oxygen atoms in total. The molecule has 2 heterocycles. The summed E-state index contributed by atoms with van der Waals surface area (Å²) in [4.78, 5) is 16.4. The van der Waals surface area contributed by atoms with E-state index in [1.54, 1.807) is 18.5 Å². The lowest BCUT2D eigenvalue weighted by molar-refractivity contribution is 0.103. The number of rotatable bonds is 2. The quantitative estimate of drug-likeness (QED) is 0.762. The third-order valence-electron chi connectivity index (χ3n) is 2.91. The summed E-state index contributed by atoms with van der Waals surface area (Å²) >= 11 is 1.15. The Morgan fingerprint density at radius 2 is 2.10 bits per heavy atom. The van der Waals surface area contributed by atoms with Gasteiger partial charge in [-0.1, -0.05) is 0 Å². The second kappa shape index (κ2) is 5.10. The fraction of sp³-hybridized carbons (Fsp3) is 0. The van der Waals surface area contributed by atoms with Crippen molar-refractivity contribution >= 4 is 38.7 Å². The summed E-state index contributed by atoms with van der Waals surface area (Å²) in [6, 6.07) is 4.53. The van der Waals surface area contributed by atoms with Crippen molar-refractivity contribution in [3.63, 3.8) is 0 Å². The van der Waals surface area contributed by atoms with Crippen LogP contribution in [0.5, 0.6) is 0 Å². The summed E-state index contributed by atoms with van der Waals surface area (Å²) in [6.07, 6.45) is 3.16. The number of aromatic nitrogens is 1. The highest BCUT2D eigenvalue weighted by Gasteiger charge is 2.17. The molecule has 0 aliphatic rings. The van der Waals surface area contributed by atoms with Gasteiger partial charge in [-0.3, -0.25) is 9.78 Å². The molecular weight excluding hydrogens is 296 g/mol. The van der Waals surface area contributed by atoms with E-state index >= 15 is 0 Å². The van der Waals surface area contributed by atoms with Crippen LogP contribution in [0.4, 0.5) is 20.2 Å². The molecule has 0 fully saturated rings. The van der Waals surface area contributed by atoms with Crippen LogP contribution in [0.3, 0.4) is 0 Å². The molecule has 0 radical (unpaired) electrons. The number of pyridine rings is 1. The minimum Gasteiger partial charge on any atom is -0.397 e. The monoisotopic (exact) mass is 305 g/mol. The van der Waals surface area contributed by atoms with E-state index in [2.05, 4.69) is 10.3 Å². The lowest BCUT2D eigenvalue weighted by Crippen LogP contribution is -2.13. The molecule has 2 aromatic heterocycles. The van der Waals surface area contributed by atoms with Crippen LogP contribution in [0.15, 0.2) is 36.7 Å². The van der Waals surface area contributed by atoms with Gasteiger partial charge in [-0.05, 0) is 18.2 Å². The van der Waals surface area contributed by atoms with E-state index < -0.39 is 17.5 Å². The predicted octanol–water partition coefficient (Wildman–Crippen LogP) is 3.41. The second-order valence-electron chi connectivity index (χ2n) is 4.29. The van der Waals surface area contributed by atoms with Gasteiger partial charge >= 0.3 is 0 Å². The van der Waals surface area contributed by atoms with Crippen LogP contribution in [-0.4, -0.2) is 10.9 Å². The van der Waals surface area contributed by atoms with Gasteiger partial charge in [0.05, 0.1) is 16.1 Å². The molecule has 0 aliphatic carbocycles. The molecule has 0 aliphatic heterocycles. The first kappa shape index (κ1) is 13.4. The van der Waals surface area contributed by atoms with Gasteiger partial charge in [0.1, 0.15) is 16.5 Å². The summed E-state index contributed by atoms with van der Waals surface area (Å²) in [6.45, 7) is 0. The molecule has 1 amide bonds. The van der Waals surface area contributed by atoms with E-state index in [1.807, 2.05) is 0 Å². The number of fused-ring (bicyclic) bond motifs is 1. The van der Waals surface area contributed by atoms with E-state index in [1.165, 1.54) is 0 Å². The van der Waals surface area contributed by atoms with E-state index in [0.29, 0.717) is 11.1 Å². The number of halogens is 2. The number of amides is 1. The molecule has 0 atom stereocenters. The number of anilines is 2. The molecule has 106 valence electrons. The number of hydrogen-bond donors (Lipinski definition) is 2. The Kier molecular flexibility index (Phi) is 3.26. The highest BCUT2D eigenvalue weighted by atomic mass is 32.1. The Morgan fingerprint density at radius 1 is 1.29 bits per heavy atom. The van der Waals surface area contributed by atoms with Crippen molar-refractivity contribution < 1.29 is 13.6 Å². The zero-order valence-electron chi connectivity index (χ0n) is 10.6. The summed E-state index contributed by atoms with van der Waals surface area (Å²) in [5, 5.41) is 3.03. The Bertz CT molecular complexity index is 847. The second-order valence-corrected chi connectivity index (χ2v) is 5.35. The number of nitrogens with two attached hydrogens (primary N) is 1. The first-order chi connectivity index (χ1) is 10.1. The fourth-order valence-corrected chi connectivity index (χ4v) is 2.90. The van der Waals surface area contributed by atoms with E-state index in [0.717, 1.165) is 34.2 Å². The lowest BCUT2D eigenvalue weighted by Gasteiger charge is -2.05. The van der Waals surface area contributed by atoms with Gasteiger partial charge in [-0.25, -0.2) is 8.78 Å². The van der Waals surface area contributed by atoms with Gasteiger partial charge in [0.15, 0.2) is 0 Å². The van der Waals surface area contributed by atoms with Gasteiger partial charge in [-0.15, -0.1) is 11.3 Å². The van der Waals surface area contributed by atoms with Crippen LogP contribution in [0.25, 0.3) is 10.1 Å². The highest BCUT2D eigenvalue weighted by Crippen LogP contribution is 2.33. The molecule has 1 aromatic carbocycles. The number of nitrogens with one attached hydrogen (secondary N) is 1. The molecule has 3 rings (SSSR count). The third-order valence-corrected chi connectivity index (χ3v) is 4.07. The van der Waals surface area contributed by atoms with E-state index in [9.17, 15) is 13.6 Å². The maximum Gasteiger partial charge on any atom is 0.267 e. The molecule has 3 N–H and O–H groups in total. The standard InChI is InChI=1S/C14H9F2N3OS/c15-7-1-2-9(16)10(5-7)19-14(20)13-12(17)8-3-4-18-6-11(8)21-13/h1-6H,17H2,(H,19,20). The first-order valence-electron chi connectivity index (χ1n) is 5.94. The Morgan fingerprint density at radius 3 is 2.86 bits per heavy atom. The number of nitrogens with zero attached hydrogens (tertiary/aromatic N) is 1. The predicted molar refractivity (Wildman–Crippen MR) is 78.3 cm³/mol. The van der Waals surface area contributed by atoms with Crippen LogP contribution < -0.4 is 11.1 Å². The summed E-state index contributed by atoms with van der Waals surface area (Å²) in [7, 11) is 0. The van der Waals surface area contributed by atoms with Crippen LogP contribution >= 0.6 is 11.3 Å². The number of carbonyl (C=O) groups excluding carboxylic acids is 1. The third kappa shape index (κ3) is 2.43. The van der Waals surface area contributed by atoms with Crippen LogP contribution in [0, 0.1) is 11.6 Å². The maximum atomic E-state index is 13.5. The molecule has 0 bridgehead atoms. The average molecular weight is 305 g/mol. The lowest BCUT2D eigenvalue weighted by atomic mass is 10.2. The molecule has 7 heteroatoms. The van der Waals surface area contributed by atoms with Crippen molar-refractivity contribution in [2.24, 2.45) is 0 Å². The Hall–Kier alpha value is -2.54. The van der Waals surface area contributed by atoms with Crippen molar-refractivity contribution in [2.75, 3.05) is 11.1 Å².